The highest BCUT2D eigenvalue weighted by molar-refractivity contribution is 5.64. The fraction of sp³-hybridized carbons (Fsp3) is 0.400. The third-order valence-corrected chi connectivity index (χ3v) is 6.45. The van der Waals surface area contributed by atoms with Crippen molar-refractivity contribution in [3.8, 4) is 16.9 Å². The van der Waals surface area contributed by atoms with Gasteiger partial charge in [-0.05, 0) is 51.4 Å². The standard InChI is InChI=1S/C25H30N4/c1-19-8-10-23(11-9-19)29-17-22(25(26-29)21-6-3-5-20(2)15-21)16-27-13-14-28-12-4-7-24(28)18-27/h3,5-6,8-11,15,17,24H,4,7,12-14,16,18H2,1-2H3/t24-/m1/s1. The van der Waals surface area contributed by atoms with Crippen LogP contribution >= 0.6 is 0 Å². The van der Waals surface area contributed by atoms with Crippen LogP contribution in [0.4, 0.5) is 0 Å². The molecule has 0 aliphatic carbocycles. The first-order chi connectivity index (χ1) is 14.2. The van der Waals surface area contributed by atoms with E-state index < -0.39 is 0 Å². The number of fused-ring (bicyclic) bond motifs is 1. The summed E-state index contributed by atoms with van der Waals surface area (Å²) in [5.74, 6) is 0. The molecule has 0 saturated carbocycles. The van der Waals surface area contributed by atoms with Gasteiger partial charge in [0.15, 0.2) is 0 Å². The van der Waals surface area contributed by atoms with Gasteiger partial charge in [0, 0.05) is 49.5 Å². The summed E-state index contributed by atoms with van der Waals surface area (Å²) in [5.41, 5.74) is 7.32. The summed E-state index contributed by atoms with van der Waals surface area (Å²) >= 11 is 0. The Bertz CT molecular complexity index is 988. The highest BCUT2D eigenvalue weighted by Gasteiger charge is 2.31. The molecule has 0 spiro atoms. The first-order valence-electron chi connectivity index (χ1n) is 10.8. The molecule has 0 N–H and O–H groups in total. The first kappa shape index (κ1) is 18.6. The van der Waals surface area contributed by atoms with E-state index in [1.54, 1.807) is 0 Å². The zero-order valence-corrected chi connectivity index (χ0v) is 17.5. The van der Waals surface area contributed by atoms with Crippen LogP contribution in [-0.2, 0) is 6.54 Å². The number of piperazine rings is 1. The van der Waals surface area contributed by atoms with Gasteiger partial charge < -0.3 is 0 Å². The van der Waals surface area contributed by atoms with Crippen molar-refractivity contribution in [1.82, 2.24) is 19.6 Å². The van der Waals surface area contributed by atoms with Crippen LogP contribution < -0.4 is 0 Å². The normalized spacial score (nSPS) is 20.1. The third-order valence-electron chi connectivity index (χ3n) is 6.45. The summed E-state index contributed by atoms with van der Waals surface area (Å²) in [6.45, 7) is 10.1. The number of benzene rings is 2. The summed E-state index contributed by atoms with van der Waals surface area (Å²) in [6, 6.07) is 18.1. The van der Waals surface area contributed by atoms with E-state index in [0.29, 0.717) is 0 Å². The lowest BCUT2D eigenvalue weighted by Crippen LogP contribution is -2.49. The minimum atomic E-state index is 0.748. The van der Waals surface area contributed by atoms with Gasteiger partial charge in [0.2, 0.25) is 0 Å². The summed E-state index contributed by atoms with van der Waals surface area (Å²) in [6.07, 6.45) is 4.95. The molecule has 0 bridgehead atoms. The molecule has 0 radical (unpaired) electrons. The number of aromatic nitrogens is 2. The molecule has 0 unspecified atom stereocenters. The van der Waals surface area contributed by atoms with E-state index >= 15 is 0 Å². The van der Waals surface area contributed by atoms with E-state index in [1.807, 2.05) is 0 Å². The minimum Gasteiger partial charge on any atom is -0.298 e. The number of nitrogens with zero attached hydrogens (tertiary/aromatic N) is 4. The SMILES string of the molecule is Cc1ccc(-n2cc(CN3CCN4CCC[C@@H]4C3)c(-c3cccc(C)c3)n2)cc1. The highest BCUT2D eigenvalue weighted by atomic mass is 15.3. The molecule has 4 nitrogen and oxygen atoms in total. The average Bonchev–Trinajstić information content (AvgIpc) is 3.35. The molecule has 2 aliphatic heterocycles. The second-order valence-corrected chi connectivity index (χ2v) is 8.72. The Balaban J connectivity index is 1.47. The van der Waals surface area contributed by atoms with Crippen LogP contribution in [0.3, 0.4) is 0 Å². The molecule has 2 aliphatic rings. The number of rotatable bonds is 4. The van der Waals surface area contributed by atoms with Crippen LogP contribution in [0.5, 0.6) is 0 Å². The Morgan fingerprint density at radius 2 is 1.83 bits per heavy atom. The maximum atomic E-state index is 5.03. The van der Waals surface area contributed by atoms with Crippen LogP contribution in [0.15, 0.2) is 54.7 Å². The van der Waals surface area contributed by atoms with Crippen LogP contribution in [0.1, 0.15) is 29.5 Å². The predicted octanol–water partition coefficient (Wildman–Crippen LogP) is 4.44. The van der Waals surface area contributed by atoms with Gasteiger partial charge in [-0.1, -0.05) is 41.5 Å². The van der Waals surface area contributed by atoms with E-state index in [4.69, 9.17) is 5.10 Å². The first-order valence-corrected chi connectivity index (χ1v) is 10.8. The van der Waals surface area contributed by atoms with Crippen molar-refractivity contribution in [2.45, 2.75) is 39.3 Å². The Morgan fingerprint density at radius 1 is 0.966 bits per heavy atom. The van der Waals surface area contributed by atoms with E-state index in [1.165, 1.54) is 54.7 Å². The Hall–Kier alpha value is -2.43. The monoisotopic (exact) mass is 386 g/mol. The molecule has 0 amide bonds. The molecule has 2 saturated heterocycles. The molecule has 29 heavy (non-hydrogen) atoms. The van der Waals surface area contributed by atoms with Crippen molar-refractivity contribution in [2.24, 2.45) is 0 Å². The summed E-state index contributed by atoms with van der Waals surface area (Å²) in [5, 5.41) is 5.03. The molecule has 3 heterocycles. The van der Waals surface area contributed by atoms with E-state index in [0.717, 1.165) is 30.5 Å². The van der Waals surface area contributed by atoms with E-state index in [2.05, 4.69) is 83.1 Å². The Morgan fingerprint density at radius 3 is 2.66 bits per heavy atom. The van der Waals surface area contributed by atoms with Crippen molar-refractivity contribution in [3.63, 3.8) is 0 Å². The van der Waals surface area contributed by atoms with Crippen LogP contribution in [0.2, 0.25) is 0 Å². The maximum absolute atomic E-state index is 5.03. The van der Waals surface area contributed by atoms with Crippen molar-refractivity contribution >= 4 is 0 Å². The molecule has 2 fully saturated rings. The molecule has 3 aromatic rings. The maximum Gasteiger partial charge on any atom is 0.0972 e. The molecule has 1 atom stereocenters. The summed E-state index contributed by atoms with van der Waals surface area (Å²) in [4.78, 5) is 5.30. The lowest BCUT2D eigenvalue weighted by molar-refractivity contribution is 0.0995. The molecular weight excluding hydrogens is 356 g/mol. The zero-order chi connectivity index (χ0) is 19.8. The van der Waals surface area contributed by atoms with Crippen molar-refractivity contribution in [2.75, 3.05) is 26.2 Å². The second-order valence-electron chi connectivity index (χ2n) is 8.72. The zero-order valence-electron chi connectivity index (χ0n) is 17.5. The third kappa shape index (κ3) is 3.87. The van der Waals surface area contributed by atoms with Crippen LogP contribution in [-0.4, -0.2) is 51.8 Å². The lowest BCUT2D eigenvalue weighted by atomic mass is 10.0. The molecule has 4 heteroatoms. The van der Waals surface area contributed by atoms with E-state index in [9.17, 15) is 0 Å². The summed E-state index contributed by atoms with van der Waals surface area (Å²) < 4.78 is 2.05. The quantitative estimate of drug-likeness (QED) is 0.663. The van der Waals surface area contributed by atoms with Crippen molar-refractivity contribution in [1.29, 1.82) is 0 Å². The van der Waals surface area contributed by atoms with Gasteiger partial charge in [0.25, 0.3) is 0 Å². The van der Waals surface area contributed by atoms with Gasteiger partial charge >= 0.3 is 0 Å². The molecular formula is C25H30N4. The van der Waals surface area contributed by atoms with Crippen molar-refractivity contribution < 1.29 is 0 Å². The van der Waals surface area contributed by atoms with Gasteiger partial charge in [-0.2, -0.15) is 5.10 Å². The largest absolute Gasteiger partial charge is 0.298 e. The summed E-state index contributed by atoms with van der Waals surface area (Å²) in [7, 11) is 0. The fourth-order valence-electron chi connectivity index (χ4n) is 4.83. The Labute approximate surface area is 173 Å². The topological polar surface area (TPSA) is 24.3 Å². The molecule has 2 aromatic carbocycles. The molecule has 150 valence electrons. The predicted molar refractivity (Wildman–Crippen MR) is 118 cm³/mol. The molecule has 1 aromatic heterocycles. The number of hydrogen-bond donors (Lipinski definition) is 0. The smallest absolute Gasteiger partial charge is 0.0972 e. The Kier molecular flexibility index (Phi) is 4.98. The average molecular weight is 387 g/mol. The van der Waals surface area contributed by atoms with Crippen LogP contribution in [0, 0.1) is 13.8 Å². The van der Waals surface area contributed by atoms with Gasteiger partial charge in [-0.3, -0.25) is 9.80 Å². The second kappa shape index (κ2) is 7.77. The fourth-order valence-corrected chi connectivity index (χ4v) is 4.83. The van der Waals surface area contributed by atoms with Gasteiger partial charge in [0.05, 0.1) is 11.4 Å². The van der Waals surface area contributed by atoms with Gasteiger partial charge in [0.1, 0.15) is 0 Å². The van der Waals surface area contributed by atoms with Crippen molar-refractivity contribution in [3.05, 3.63) is 71.4 Å². The molecule has 5 rings (SSSR count). The van der Waals surface area contributed by atoms with Gasteiger partial charge in [-0.25, -0.2) is 4.68 Å². The number of aryl methyl sites for hydroxylation is 2. The number of hydrogen-bond acceptors (Lipinski definition) is 3. The van der Waals surface area contributed by atoms with Gasteiger partial charge in [-0.15, -0.1) is 0 Å². The highest BCUT2D eigenvalue weighted by Crippen LogP contribution is 2.28. The van der Waals surface area contributed by atoms with Crippen LogP contribution in [0.25, 0.3) is 16.9 Å². The lowest BCUT2D eigenvalue weighted by Gasteiger charge is -2.37. The van der Waals surface area contributed by atoms with E-state index in [-0.39, 0.29) is 0 Å². The minimum absolute atomic E-state index is 0.748.